The summed E-state index contributed by atoms with van der Waals surface area (Å²) in [6, 6.07) is 10.9. The zero-order valence-electron chi connectivity index (χ0n) is 13.7. The van der Waals surface area contributed by atoms with Crippen molar-refractivity contribution in [2.75, 3.05) is 7.11 Å². The average Bonchev–Trinajstić information content (AvgIpc) is 2.57. The van der Waals surface area contributed by atoms with Crippen LogP contribution in [-0.4, -0.2) is 24.4 Å². The van der Waals surface area contributed by atoms with Crippen LogP contribution in [-0.2, 0) is 9.53 Å². The highest BCUT2D eigenvalue weighted by Crippen LogP contribution is 2.20. The van der Waals surface area contributed by atoms with Crippen molar-refractivity contribution in [3.8, 4) is 0 Å². The lowest BCUT2D eigenvalue weighted by Crippen LogP contribution is -2.09. The van der Waals surface area contributed by atoms with Crippen LogP contribution >= 0.6 is 0 Å². The fraction of sp³-hybridized carbons (Fsp3) is 0.158. The number of aliphatic imine (C=N–C) groups is 1. The molecule has 0 bridgehead atoms. The van der Waals surface area contributed by atoms with Gasteiger partial charge in [-0.1, -0.05) is 18.2 Å². The minimum absolute atomic E-state index is 0.106. The maximum absolute atomic E-state index is 13.2. The number of aryl methyl sites for hydroxylation is 2. The Kier molecular flexibility index (Phi) is 5.47. The minimum Gasteiger partial charge on any atom is -0.506 e. The Morgan fingerprint density at radius 1 is 1.17 bits per heavy atom. The summed E-state index contributed by atoms with van der Waals surface area (Å²) in [5, 5.41) is 10.4. The van der Waals surface area contributed by atoms with Gasteiger partial charge < -0.3 is 9.84 Å². The number of esters is 1. The van der Waals surface area contributed by atoms with E-state index < -0.39 is 11.8 Å². The van der Waals surface area contributed by atoms with Crippen LogP contribution in [0.1, 0.15) is 16.7 Å². The normalized spacial score (nSPS) is 12.2. The van der Waals surface area contributed by atoms with Gasteiger partial charge in [0.05, 0.1) is 12.8 Å². The maximum atomic E-state index is 13.2. The number of carbonyl (C=O) groups excluding carboxylic acids is 1. The lowest BCUT2D eigenvalue weighted by atomic mass is 10.0. The van der Waals surface area contributed by atoms with Crippen LogP contribution < -0.4 is 0 Å². The number of hydrogen-bond donors (Lipinski definition) is 1. The second-order valence-electron chi connectivity index (χ2n) is 5.29. The summed E-state index contributed by atoms with van der Waals surface area (Å²) in [5.41, 5.74) is 2.74. The van der Waals surface area contributed by atoms with E-state index in [0.717, 1.165) is 11.1 Å². The van der Waals surface area contributed by atoms with Crippen LogP contribution in [0.3, 0.4) is 0 Å². The van der Waals surface area contributed by atoms with Crippen molar-refractivity contribution in [1.82, 2.24) is 0 Å². The number of nitrogens with zero attached hydrogens (tertiary/aromatic N) is 1. The van der Waals surface area contributed by atoms with Gasteiger partial charge in [-0.3, -0.25) is 4.99 Å². The number of benzene rings is 2. The molecule has 0 radical (unpaired) electrons. The molecule has 0 unspecified atom stereocenters. The Morgan fingerprint density at radius 2 is 1.92 bits per heavy atom. The molecule has 0 fully saturated rings. The predicted octanol–water partition coefficient (Wildman–Crippen LogP) is 4.29. The van der Waals surface area contributed by atoms with Crippen LogP contribution in [0, 0.1) is 19.7 Å². The van der Waals surface area contributed by atoms with Gasteiger partial charge in [-0.05, 0) is 49.2 Å². The summed E-state index contributed by atoms with van der Waals surface area (Å²) in [6.07, 6.45) is 1.17. The second kappa shape index (κ2) is 7.55. The maximum Gasteiger partial charge on any atom is 0.343 e. The first-order chi connectivity index (χ1) is 11.4. The molecule has 2 rings (SSSR count). The zero-order chi connectivity index (χ0) is 17.7. The van der Waals surface area contributed by atoms with Gasteiger partial charge in [0.25, 0.3) is 0 Å². The molecule has 0 atom stereocenters. The van der Waals surface area contributed by atoms with Gasteiger partial charge in [0.15, 0.2) is 0 Å². The third kappa shape index (κ3) is 4.07. The Hall–Kier alpha value is -2.95. The van der Waals surface area contributed by atoms with Crippen molar-refractivity contribution in [3.63, 3.8) is 0 Å². The van der Waals surface area contributed by atoms with Crippen LogP contribution in [0.4, 0.5) is 10.1 Å². The molecule has 1 N–H and O–H groups in total. The highest BCUT2D eigenvalue weighted by Gasteiger charge is 2.16. The molecule has 0 saturated carbocycles. The first kappa shape index (κ1) is 17.4. The van der Waals surface area contributed by atoms with E-state index in [1.54, 1.807) is 18.2 Å². The number of aliphatic hydroxyl groups excluding tert-OH is 1. The molecule has 0 saturated heterocycles. The molecule has 2 aromatic rings. The van der Waals surface area contributed by atoms with Crippen LogP contribution in [0.25, 0.3) is 5.76 Å². The van der Waals surface area contributed by atoms with Gasteiger partial charge in [-0.2, -0.15) is 0 Å². The lowest BCUT2D eigenvalue weighted by Gasteiger charge is -2.08. The number of methoxy groups -OCH3 is 1. The zero-order valence-corrected chi connectivity index (χ0v) is 13.7. The molecule has 0 heterocycles. The van der Waals surface area contributed by atoms with Crippen molar-refractivity contribution in [2.24, 2.45) is 4.99 Å². The first-order valence-electron chi connectivity index (χ1n) is 7.31. The average molecular weight is 327 g/mol. The number of hydrogen-bond acceptors (Lipinski definition) is 4. The van der Waals surface area contributed by atoms with E-state index in [2.05, 4.69) is 4.99 Å². The van der Waals surface area contributed by atoms with Crippen LogP contribution in [0.2, 0.25) is 0 Å². The molecule has 0 aliphatic heterocycles. The molecule has 4 nitrogen and oxygen atoms in total. The Bertz CT molecular complexity index is 825. The Labute approximate surface area is 139 Å². The first-order valence-corrected chi connectivity index (χ1v) is 7.31. The number of aliphatic hydroxyl groups is 1. The molecule has 124 valence electrons. The van der Waals surface area contributed by atoms with E-state index >= 15 is 0 Å². The fourth-order valence-electron chi connectivity index (χ4n) is 2.06. The monoisotopic (exact) mass is 327 g/mol. The highest BCUT2D eigenvalue weighted by molar-refractivity contribution is 6.15. The van der Waals surface area contributed by atoms with Crippen LogP contribution in [0.5, 0.6) is 0 Å². The van der Waals surface area contributed by atoms with Crippen molar-refractivity contribution in [1.29, 1.82) is 0 Å². The summed E-state index contributed by atoms with van der Waals surface area (Å²) < 4.78 is 17.9. The molecule has 0 aromatic heterocycles. The predicted molar refractivity (Wildman–Crippen MR) is 92.0 cm³/mol. The summed E-state index contributed by atoms with van der Waals surface area (Å²) >= 11 is 0. The largest absolute Gasteiger partial charge is 0.506 e. The Balaban J connectivity index is 2.47. The summed E-state index contributed by atoms with van der Waals surface area (Å²) in [6.45, 7) is 3.86. The standard InChI is InChI=1S/C19H18FNO3/c1-12-7-8-14(9-13(12)2)18(22)17(19(23)24-3)11-21-16-6-4-5-15(20)10-16/h4-11,22H,1-3H3/b18-17-,21-11?. The number of rotatable bonds is 4. The van der Waals surface area contributed by atoms with Gasteiger partial charge in [0.1, 0.15) is 17.1 Å². The van der Waals surface area contributed by atoms with Crippen molar-refractivity contribution >= 4 is 23.6 Å². The SMILES string of the molecule is COC(=O)/C(C=Nc1cccc(F)c1)=C(\O)c1ccc(C)c(C)c1. The second-order valence-corrected chi connectivity index (χ2v) is 5.29. The van der Waals surface area contributed by atoms with Gasteiger partial charge in [-0.25, -0.2) is 9.18 Å². The minimum atomic E-state index is -0.731. The molecular weight excluding hydrogens is 309 g/mol. The number of halogens is 1. The molecule has 0 amide bonds. The van der Waals surface area contributed by atoms with E-state index in [1.807, 2.05) is 19.9 Å². The van der Waals surface area contributed by atoms with Gasteiger partial charge in [0, 0.05) is 11.8 Å². The van der Waals surface area contributed by atoms with E-state index in [1.165, 1.54) is 31.5 Å². The fourth-order valence-corrected chi connectivity index (χ4v) is 2.06. The van der Waals surface area contributed by atoms with Crippen molar-refractivity contribution < 1.29 is 19.0 Å². The molecule has 0 aliphatic carbocycles. The third-order valence-electron chi connectivity index (χ3n) is 3.59. The smallest absolute Gasteiger partial charge is 0.343 e. The van der Waals surface area contributed by atoms with Crippen molar-refractivity contribution in [3.05, 3.63) is 70.5 Å². The van der Waals surface area contributed by atoms with Gasteiger partial charge in [0.2, 0.25) is 0 Å². The van der Waals surface area contributed by atoms with E-state index in [4.69, 9.17) is 4.74 Å². The quantitative estimate of drug-likeness (QED) is 0.394. The molecular formula is C19H18FNO3. The molecule has 5 heteroatoms. The number of carbonyl (C=O) groups is 1. The van der Waals surface area contributed by atoms with E-state index in [0.29, 0.717) is 11.3 Å². The molecule has 0 aliphatic rings. The van der Waals surface area contributed by atoms with E-state index in [-0.39, 0.29) is 11.3 Å². The molecule has 2 aromatic carbocycles. The topological polar surface area (TPSA) is 58.9 Å². The lowest BCUT2D eigenvalue weighted by molar-refractivity contribution is -0.135. The van der Waals surface area contributed by atoms with Gasteiger partial charge in [-0.15, -0.1) is 0 Å². The third-order valence-corrected chi connectivity index (χ3v) is 3.59. The Morgan fingerprint density at radius 3 is 2.54 bits per heavy atom. The van der Waals surface area contributed by atoms with Crippen molar-refractivity contribution in [2.45, 2.75) is 13.8 Å². The summed E-state index contributed by atoms with van der Waals surface area (Å²) in [5.74, 6) is -1.41. The highest BCUT2D eigenvalue weighted by atomic mass is 19.1. The number of ether oxygens (including phenoxy) is 1. The summed E-state index contributed by atoms with van der Waals surface area (Å²) in [7, 11) is 1.21. The molecule has 0 spiro atoms. The van der Waals surface area contributed by atoms with Crippen LogP contribution in [0.15, 0.2) is 53.0 Å². The van der Waals surface area contributed by atoms with E-state index in [9.17, 15) is 14.3 Å². The summed E-state index contributed by atoms with van der Waals surface area (Å²) in [4.78, 5) is 16.0. The van der Waals surface area contributed by atoms with Gasteiger partial charge >= 0.3 is 5.97 Å². The molecule has 24 heavy (non-hydrogen) atoms.